The topological polar surface area (TPSA) is 12.0 Å². The number of hydrogen-bond acceptors (Lipinski definition) is 1. The van der Waals surface area contributed by atoms with Crippen molar-refractivity contribution in [3.63, 3.8) is 0 Å². The third kappa shape index (κ3) is 2.99. The van der Waals surface area contributed by atoms with Gasteiger partial charge >= 0.3 is 0 Å². The van der Waals surface area contributed by atoms with E-state index in [1.54, 1.807) is 12.1 Å². The molecule has 0 amide bonds. The molecule has 0 fully saturated rings. The van der Waals surface area contributed by atoms with Gasteiger partial charge in [-0.2, -0.15) is 0 Å². The van der Waals surface area contributed by atoms with Crippen LogP contribution in [0.25, 0.3) is 0 Å². The van der Waals surface area contributed by atoms with Crippen LogP contribution in [0.3, 0.4) is 0 Å². The number of hydrogen-bond donors (Lipinski definition) is 1. The maximum Gasteiger partial charge on any atom is 0.164 e. The van der Waals surface area contributed by atoms with Crippen molar-refractivity contribution in [2.45, 2.75) is 6.54 Å². The fraction of sp³-hybridized carbons (Fsp3) is 0.0769. The van der Waals surface area contributed by atoms with Crippen molar-refractivity contribution in [3.05, 3.63) is 63.3 Å². The highest BCUT2D eigenvalue weighted by atomic mass is 79.9. The van der Waals surface area contributed by atoms with Crippen LogP contribution in [0.1, 0.15) is 5.56 Å². The zero-order chi connectivity index (χ0) is 12.3. The van der Waals surface area contributed by atoms with E-state index in [1.807, 2.05) is 24.3 Å². The molecule has 1 N–H and O–H groups in total. The van der Waals surface area contributed by atoms with Crippen molar-refractivity contribution < 1.29 is 4.39 Å². The molecule has 2 aromatic carbocycles. The molecule has 0 spiro atoms. The second kappa shape index (κ2) is 5.52. The number of halogens is 3. The SMILES string of the molecule is Fc1c(Cl)cccc1NCc1ccccc1Br. The minimum Gasteiger partial charge on any atom is -0.379 e. The molecule has 0 atom stereocenters. The van der Waals surface area contributed by atoms with Gasteiger partial charge in [0.05, 0.1) is 10.7 Å². The highest BCUT2D eigenvalue weighted by molar-refractivity contribution is 9.10. The molecule has 2 aromatic rings. The number of nitrogens with one attached hydrogen (secondary N) is 1. The summed E-state index contributed by atoms with van der Waals surface area (Å²) in [7, 11) is 0. The van der Waals surface area contributed by atoms with E-state index in [2.05, 4.69) is 21.2 Å². The number of rotatable bonds is 3. The first-order valence-electron chi connectivity index (χ1n) is 5.10. The normalized spacial score (nSPS) is 10.3. The van der Waals surface area contributed by atoms with Crippen molar-refractivity contribution in [2.75, 3.05) is 5.32 Å². The molecule has 17 heavy (non-hydrogen) atoms. The Morgan fingerprint density at radius 3 is 2.65 bits per heavy atom. The van der Waals surface area contributed by atoms with Gasteiger partial charge in [-0.1, -0.05) is 51.8 Å². The van der Waals surface area contributed by atoms with Gasteiger partial charge < -0.3 is 5.32 Å². The van der Waals surface area contributed by atoms with Crippen LogP contribution in [-0.2, 0) is 6.54 Å². The summed E-state index contributed by atoms with van der Waals surface area (Å²) >= 11 is 9.15. The standard InChI is InChI=1S/C13H10BrClFN/c14-10-5-2-1-4-9(10)8-17-12-7-3-6-11(15)13(12)16/h1-7,17H,8H2. The fourth-order valence-electron chi connectivity index (χ4n) is 1.47. The van der Waals surface area contributed by atoms with E-state index in [-0.39, 0.29) is 5.02 Å². The Kier molecular flexibility index (Phi) is 4.02. The molecule has 0 heterocycles. The van der Waals surface area contributed by atoms with E-state index in [1.165, 1.54) is 6.07 Å². The fourth-order valence-corrected chi connectivity index (χ4v) is 2.07. The molecule has 2 rings (SSSR count). The summed E-state index contributed by atoms with van der Waals surface area (Å²) in [5.41, 5.74) is 1.47. The predicted octanol–water partition coefficient (Wildman–Crippen LogP) is 4.85. The van der Waals surface area contributed by atoms with E-state index >= 15 is 0 Å². The Hall–Kier alpha value is -1.06. The molecule has 4 heteroatoms. The second-order valence-corrected chi connectivity index (χ2v) is 4.81. The van der Waals surface area contributed by atoms with E-state index in [0.717, 1.165) is 10.0 Å². The van der Waals surface area contributed by atoms with Crippen LogP contribution >= 0.6 is 27.5 Å². The smallest absolute Gasteiger partial charge is 0.164 e. The van der Waals surface area contributed by atoms with Crippen LogP contribution < -0.4 is 5.32 Å². The summed E-state index contributed by atoms with van der Waals surface area (Å²) in [6.45, 7) is 0.540. The van der Waals surface area contributed by atoms with Crippen LogP contribution in [0.15, 0.2) is 46.9 Å². The molecule has 0 radical (unpaired) electrons. The zero-order valence-electron chi connectivity index (χ0n) is 8.88. The minimum absolute atomic E-state index is 0.127. The third-order valence-corrected chi connectivity index (χ3v) is 3.44. The summed E-state index contributed by atoms with van der Waals surface area (Å²) in [4.78, 5) is 0. The lowest BCUT2D eigenvalue weighted by Gasteiger charge is -2.09. The summed E-state index contributed by atoms with van der Waals surface area (Å²) < 4.78 is 14.6. The maximum absolute atomic E-state index is 13.6. The maximum atomic E-state index is 13.6. The molecule has 0 saturated carbocycles. The second-order valence-electron chi connectivity index (χ2n) is 3.55. The largest absolute Gasteiger partial charge is 0.379 e. The predicted molar refractivity (Wildman–Crippen MR) is 72.9 cm³/mol. The Labute approximate surface area is 113 Å². The number of anilines is 1. The van der Waals surface area contributed by atoms with E-state index < -0.39 is 5.82 Å². The molecular formula is C13H10BrClFN. The monoisotopic (exact) mass is 313 g/mol. The highest BCUT2D eigenvalue weighted by Crippen LogP contribution is 2.23. The van der Waals surface area contributed by atoms with Crippen LogP contribution in [0.5, 0.6) is 0 Å². The van der Waals surface area contributed by atoms with Gasteiger partial charge in [-0.05, 0) is 23.8 Å². The van der Waals surface area contributed by atoms with Gasteiger partial charge in [0.1, 0.15) is 0 Å². The summed E-state index contributed by atoms with van der Waals surface area (Å²) in [6.07, 6.45) is 0. The first kappa shape index (κ1) is 12.4. The lowest BCUT2D eigenvalue weighted by atomic mass is 10.2. The first-order valence-corrected chi connectivity index (χ1v) is 6.27. The summed E-state index contributed by atoms with van der Waals surface area (Å²) in [5, 5.41) is 3.15. The van der Waals surface area contributed by atoms with E-state index in [4.69, 9.17) is 11.6 Å². The van der Waals surface area contributed by atoms with Gasteiger partial charge in [-0.25, -0.2) is 4.39 Å². The molecule has 0 aliphatic rings. The summed E-state index contributed by atoms with van der Waals surface area (Å²) in [6, 6.07) is 12.7. The van der Waals surface area contributed by atoms with Crippen LogP contribution in [-0.4, -0.2) is 0 Å². The Bertz CT molecular complexity index is 531. The van der Waals surface area contributed by atoms with Crippen LogP contribution in [0.4, 0.5) is 10.1 Å². The van der Waals surface area contributed by atoms with Gasteiger partial charge in [0.2, 0.25) is 0 Å². The van der Waals surface area contributed by atoms with Crippen LogP contribution in [0, 0.1) is 5.82 Å². The van der Waals surface area contributed by atoms with Crippen molar-refractivity contribution in [2.24, 2.45) is 0 Å². The lowest BCUT2D eigenvalue weighted by Crippen LogP contribution is -2.02. The zero-order valence-corrected chi connectivity index (χ0v) is 11.2. The quantitative estimate of drug-likeness (QED) is 0.853. The van der Waals surface area contributed by atoms with Crippen molar-refractivity contribution in [1.82, 2.24) is 0 Å². The first-order chi connectivity index (χ1) is 8.18. The van der Waals surface area contributed by atoms with Gasteiger partial charge in [-0.15, -0.1) is 0 Å². The lowest BCUT2D eigenvalue weighted by molar-refractivity contribution is 0.630. The highest BCUT2D eigenvalue weighted by Gasteiger charge is 2.06. The molecule has 0 aliphatic heterocycles. The van der Waals surface area contributed by atoms with Crippen molar-refractivity contribution >= 4 is 33.2 Å². The minimum atomic E-state index is -0.416. The molecular weight excluding hydrogens is 305 g/mol. The Morgan fingerprint density at radius 2 is 1.88 bits per heavy atom. The van der Waals surface area contributed by atoms with Crippen molar-refractivity contribution in [1.29, 1.82) is 0 Å². The molecule has 0 aromatic heterocycles. The average Bonchev–Trinajstić information content (AvgIpc) is 2.33. The Morgan fingerprint density at radius 1 is 1.12 bits per heavy atom. The van der Waals surface area contributed by atoms with Gasteiger partial charge in [0.15, 0.2) is 5.82 Å². The average molecular weight is 315 g/mol. The Balaban J connectivity index is 2.13. The summed E-state index contributed by atoms with van der Waals surface area (Å²) in [5.74, 6) is -0.416. The molecule has 0 unspecified atom stereocenters. The molecule has 88 valence electrons. The van der Waals surface area contributed by atoms with Gasteiger partial charge in [0, 0.05) is 11.0 Å². The van der Waals surface area contributed by atoms with Gasteiger partial charge in [0.25, 0.3) is 0 Å². The number of benzene rings is 2. The molecule has 0 saturated heterocycles. The van der Waals surface area contributed by atoms with Gasteiger partial charge in [-0.3, -0.25) is 0 Å². The van der Waals surface area contributed by atoms with Crippen molar-refractivity contribution in [3.8, 4) is 0 Å². The van der Waals surface area contributed by atoms with Crippen LogP contribution in [0.2, 0.25) is 5.02 Å². The van der Waals surface area contributed by atoms with E-state index in [9.17, 15) is 4.39 Å². The molecule has 1 nitrogen and oxygen atoms in total. The molecule has 0 bridgehead atoms. The molecule has 0 aliphatic carbocycles. The van der Waals surface area contributed by atoms with E-state index in [0.29, 0.717) is 12.2 Å². The third-order valence-electron chi connectivity index (χ3n) is 2.38.